The lowest BCUT2D eigenvalue weighted by molar-refractivity contribution is -0.119. The van der Waals surface area contributed by atoms with Gasteiger partial charge < -0.3 is 0 Å². The van der Waals surface area contributed by atoms with Crippen molar-refractivity contribution >= 4 is 11.6 Å². The molecule has 23 heavy (non-hydrogen) atoms. The molecule has 0 aliphatic heterocycles. The van der Waals surface area contributed by atoms with Gasteiger partial charge in [0, 0.05) is 29.9 Å². The lowest BCUT2D eigenvalue weighted by Gasteiger charge is -2.27. The Morgan fingerprint density at radius 1 is 0.957 bits per heavy atom. The normalized spacial score (nSPS) is 24.5. The summed E-state index contributed by atoms with van der Waals surface area (Å²) in [6, 6.07) is 0. The van der Waals surface area contributed by atoms with Crippen LogP contribution < -0.4 is 0 Å². The molecule has 2 unspecified atom stereocenters. The highest BCUT2D eigenvalue weighted by Gasteiger charge is 2.33. The summed E-state index contributed by atoms with van der Waals surface area (Å²) in [4.78, 5) is 25.3. The van der Waals surface area contributed by atoms with Crippen LogP contribution in [0.5, 0.6) is 0 Å². The molecule has 2 heteroatoms. The molecule has 0 fully saturated rings. The molecule has 0 radical (unpaired) electrons. The van der Waals surface area contributed by atoms with Crippen LogP contribution in [0.4, 0.5) is 0 Å². The highest BCUT2D eigenvalue weighted by molar-refractivity contribution is 6.06. The second-order valence-corrected chi connectivity index (χ2v) is 5.73. The van der Waals surface area contributed by atoms with E-state index in [-0.39, 0.29) is 29.3 Å². The number of ketones is 2. The largest absolute Gasteiger partial charge is 0.294 e. The molecule has 2 rings (SSSR count). The van der Waals surface area contributed by atoms with Crippen LogP contribution in [-0.2, 0) is 9.59 Å². The van der Waals surface area contributed by atoms with Crippen LogP contribution in [0.15, 0.2) is 47.6 Å². The molecule has 0 aromatic carbocycles. The van der Waals surface area contributed by atoms with Crippen molar-refractivity contribution in [1.29, 1.82) is 0 Å². The fraction of sp³-hybridized carbons (Fsp3) is 0.333. The summed E-state index contributed by atoms with van der Waals surface area (Å²) in [5, 5.41) is 0. The van der Waals surface area contributed by atoms with Gasteiger partial charge in [-0.05, 0) is 6.42 Å². The van der Waals surface area contributed by atoms with E-state index in [2.05, 4.69) is 11.8 Å². The molecule has 0 N–H and O–H groups in total. The minimum atomic E-state index is -0.287. The van der Waals surface area contributed by atoms with Crippen LogP contribution >= 0.6 is 0 Å². The molecule has 0 amide bonds. The summed E-state index contributed by atoms with van der Waals surface area (Å²) >= 11 is 0. The molecule has 0 saturated heterocycles. The Kier molecular flexibility index (Phi) is 5.56. The maximum atomic E-state index is 12.7. The fourth-order valence-electron chi connectivity index (χ4n) is 3.11. The Morgan fingerprint density at radius 2 is 1.39 bits per heavy atom. The van der Waals surface area contributed by atoms with E-state index in [1.54, 1.807) is 0 Å². The quantitative estimate of drug-likeness (QED) is 0.729. The summed E-state index contributed by atoms with van der Waals surface area (Å²) < 4.78 is 0. The highest BCUT2D eigenvalue weighted by Crippen LogP contribution is 2.34. The van der Waals surface area contributed by atoms with Crippen LogP contribution in [0.3, 0.4) is 0 Å². The van der Waals surface area contributed by atoms with E-state index in [1.807, 2.05) is 43.4 Å². The molecule has 0 spiro atoms. The van der Waals surface area contributed by atoms with E-state index >= 15 is 0 Å². The third kappa shape index (κ3) is 3.43. The summed E-state index contributed by atoms with van der Waals surface area (Å²) in [6.07, 6.45) is 23.2. The minimum absolute atomic E-state index is 0.0223. The van der Waals surface area contributed by atoms with Gasteiger partial charge in [0.15, 0.2) is 11.6 Å². The van der Waals surface area contributed by atoms with Gasteiger partial charge in [0.25, 0.3) is 0 Å². The number of Topliss-reactive ketones (excluding diaryl/α,β-unsaturated/α-hetero) is 2. The molecule has 0 aromatic rings. The summed E-state index contributed by atoms with van der Waals surface area (Å²) in [5.74, 6) is 4.35. The Bertz CT molecular complexity index is 641. The van der Waals surface area contributed by atoms with Gasteiger partial charge in [0.2, 0.25) is 0 Å². The molecular formula is C21H20O2. The monoisotopic (exact) mass is 304 g/mol. The molecule has 2 atom stereocenters. The first-order valence-electron chi connectivity index (χ1n) is 7.86. The van der Waals surface area contributed by atoms with Crippen LogP contribution in [0.2, 0.25) is 0 Å². The molecule has 2 nitrogen and oxygen atoms in total. The van der Waals surface area contributed by atoms with Gasteiger partial charge in [-0.15, -0.1) is 24.7 Å². The maximum Gasteiger partial charge on any atom is 0.167 e. The van der Waals surface area contributed by atoms with Crippen LogP contribution in [0, 0.1) is 42.4 Å². The van der Waals surface area contributed by atoms with E-state index in [9.17, 15) is 9.59 Å². The molecule has 2 aliphatic carbocycles. The number of carbonyl (C=O) groups is 2. The SMILES string of the molecule is C#CCC1C=CC=C(C(CC)C2=CC=CC(CC#C)C2=O)C1=O. The Balaban J connectivity index is 2.30. The first-order chi connectivity index (χ1) is 11.1. The molecular weight excluding hydrogens is 284 g/mol. The lowest BCUT2D eigenvalue weighted by Crippen LogP contribution is -2.28. The molecule has 0 saturated carbocycles. The maximum absolute atomic E-state index is 12.7. The van der Waals surface area contributed by atoms with E-state index in [0.717, 1.165) is 0 Å². The predicted octanol–water partition coefficient (Wildman–Crippen LogP) is 3.42. The van der Waals surface area contributed by atoms with E-state index < -0.39 is 0 Å². The fourth-order valence-corrected chi connectivity index (χ4v) is 3.11. The molecule has 0 heterocycles. The Hall–Kier alpha value is -2.58. The number of carbonyl (C=O) groups excluding carboxylic acids is 2. The number of hydrogen-bond donors (Lipinski definition) is 0. The zero-order valence-electron chi connectivity index (χ0n) is 13.3. The second kappa shape index (κ2) is 7.61. The van der Waals surface area contributed by atoms with Gasteiger partial charge in [-0.1, -0.05) is 43.4 Å². The van der Waals surface area contributed by atoms with Crippen LogP contribution in [0.25, 0.3) is 0 Å². The van der Waals surface area contributed by atoms with Crippen molar-refractivity contribution in [3.05, 3.63) is 47.6 Å². The van der Waals surface area contributed by atoms with Crippen molar-refractivity contribution < 1.29 is 9.59 Å². The van der Waals surface area contributed by atoms with Gasteiger partial charge in [-0.2, -0.15) is 0 Å². The Morgan fingerprint density at radius 3 is 1.74 bits per heavy atom. The van der Waals surface area contributed by atoms with Crippen LogP contribution in [0.1, 0.15) is 26.2 Å². The number of allylic oxidation sites excluding steroid dienone is 8. The third-order valence-electron chi connectivity index (χ3n) is 4.32. The van der Waals surface area contributed by atoms with Gasteiger partial charge in [0.05, 0.1) is 11.8 Å². The van der Waals surface area contributed by atoms with Crippen molar-refractivity contribution in [3.63, 3.8) is 0 Å². The van der Waals surface area contributed by atoms with Crippen molar-refractivity contribution in [3.8, 4) is 24.7 Å². The first kappa shape index (κ1) is 16.8. The second-order valence-electron chi connectivity index (χ2n) is 5.73. The van der Waals surface area contributed by atoms with E-state index in [4.69, 9.17) is 12.8 Å². The predicted molar refractivity (Wildman–Crippen MR) is 92.1 cm³/mol. The topological polar surface area (TPSA) is 34.1 Å². The van der Waals surface area contributed by atoms with Crippen molar-refractivity contribution in [2.24, 2.45) is 17.8 Å². The highest BCUT2D eigenvalue weighted by atomic mass is 16.1. The van der Waals surface area contributed by atoms with Crippen molar-refractivity contribution in [2.45, 2.75) is 26.2 Å². The number of terminal acetylenes is 2. The summed E-state index contributed by atoms with van der Waals surface area (Å²) in [5.41, 5.74) is 1.34. The van der Waals surface area contributed by atoms with Gasteiger partial charge in [-0.25, -0.2) is 0 Å². The molecule has 0 bridgehead atoms. The smallest absolute Gasteiger partial charge is 0.167 e. The minimum Gasteiger partial charge on any atom is -0.294 e. The van der Waals surface area contributed by atoms with Crippen molar-refractivity contribution in [2.75, 3.05) is 0 Å². The Labute approximate surface area is 138 Å². The number of hydrogen-bond acceptors (Lipinski definition) is 2. The molecule has 2 aliphatic rings. The summed E-state index contributed by atoms with van der Waals surface area (Å²) in [7, 11) is 0. The van der Waals surface area contributed by atoms with Crippen molar-refractivity contribution in [1.82, 2.24) is 0 Å². The van der Waals surface area contributed by atoms with E-state index in [1.165, 1.54) is 0 Å². The third-order valence-corrected chi connectivity index (χ3v) is 4.32. The molecule has 0 aromatic heterocycles. The zero-order chi connectivity index (χ0) is 16.8. The van der Waals surface area contributed by atoms with Gasteiger partial charge >= 0.3 is 0 Å². The van der Waals surface area contributed by atoms with Crippen LogP contribution in [-0.4, -0.2) is 11.6 Å². The van der Waals surface area contributed by atoms with E-state index in [0.29, 0.717) is 30.4 Å². The van der Waals surface area contributed by atoms with Gasteiger partial charge in [-0.3, -0.25) is 9.59 Å². The average molecular weight is 304 g/mol. The first-order valence-corrected chi connectivity index (χ1v) is 7.86. The lowest BCUT2D eigenvalue weighted by atomic mass is 9.75. The average Bonchev–Trinajstić information content (AvgIpc) is 2.55. The van der Waals surface area contributed by atoms with Gasteiger partial charge in [0.1, 0.15) is 0 Å². The standard InChI is InChI=1S/C21H20O2/c1-4-9-15-11-7-13-18(20(15)22)17(6-3)19-14-8-12-16(10-5-2)21(19)23/h1-2,7-8,11-17H,6,9-10H2,3H3. The zero-order valence-corrected chi connectivity index (χ0v) is 13.3. The molecule has 116 valence electrons. The number of rotatable bonds is 5. The summed E-state index contributed by atoms with van der Waals surface area (Å²) in [6.45, 7) is 1.98.